The van der Waals surface area contributed by atoms with Gasteiger partial charge in [0.15, 0.2) is 0 Å². The number of hydrazine groups is 1. The highest BCUT2D eigenvalue weighted by atomic mass is 35.5. The molecule has 2 aromatic rings. The van der Waals surface area contributed by atoms with Gasteiger partial charge in [-0.2, -0.15) is 0 Å². The third-order valence-electron chi connectivity index (χ3n) is 3.98. The van der Waals surface area contributed by atoms with E-state index in [4.69, 9.17) is 22.2 Å². The van der Waals surface area contributed by atoms with Crippen LogP contribution in [0.1, 0.15) is 22.8 Å². The monoisotopic (exact) mass is 302 g/mol. The molecule has 1 heterocycles. The van der Waals surface area contributed by atoms with E-state index in [1.54, 1.807) is 0 Å². The normalized spacial score (nSPS) is 19.0. The Bertz CT molecular complexity index is 600. The first-order chi connectivity index (χ1) is 10.3. The molecule has 0 bridgehead atoms. The maximum absolute atomic E-state index is 5.98. The van der Waals surface area contributed by atoms with Crippen molar-refractivity contribution in [3.8, 4) is 0 Å². The number of benzene rings is 2. The van der Waals surface area contributed by atoms with E-state index in [9.17, 15) is 0 Å². The summed E-state index contributed by atoms with van der Waals surface area (Å²) in [6.07, 6.45) is 1.74. The lowest BCUT2D eigenvalue weighted by atomic mass is 9.90. The zero-order valence-corrected chi connectivity index (χ0v) is 12.5. The van der Waals surface area contributed by atoms with Crippen LogP contribution in [0.15, 0.2) is 48.5 Å². The fourth-order valence-electron chi connectivity index (χ4n) is 2.89. The van der Waals surface area contributed by atoms with Gasteiger partial charge in [0.2, 0.25) is 0 Å². The molecule has 0 radical (unpaired) electrons. The number of halogens is 1. The van der Waals surface area contributed by atoms with E-state index >= 15 is 0 Å². The van der Waals surface area contributed by atoms with Gasteiger partial charge in [0, 0.05) is 5.02 Å². The molecule has 0 saturated heterocycles. The summed E-state index contributed by atoms with van der Waals surface area (Å²) in [5.41, 5.74) is 6.70. The second-order valence-electron chi connectivity index (χ2n) is 5.34. The molecule has 2 aromatic carbocycles. The molecule has 2 unspecified atom stereocenters. The van der Waals surface area contributed by atoms with Crippen molar-refractivity contribution in [3.63, 3.8) is 0 Å². The zero-order valence-electron chi connectivity index (χ0n) is 11.8. The first-order valence-electron chi connectivity index (χ1n) is 7.18. The maximum Gasteiger partial charge on any atom is 0.0997 e. The third kappa shape index (κ3) is 3.27. The van der Waals surface area contributed by atoms with E-state index in [2.05, 4.69) is 29.7 Å². The van der Waals surface area contributed by atoms with E-state index < -0.39 is 0 Å². The fraction of sp³-hybridized carbons (Fsp3) is 0.294. The van der Waals surface area contributed by atoms with Crippen molar-refractivity contribution in [1.82, 2.24) is 5.43 Å². The fourth-order valence-corrected chi connectivity index (χ4v) is 3.01. The number of nitrogens with one attached hydrogen (secondary N) is 1. The van der Waals surface area contributed by atoms with Gasteiger partial charge < -0.3 is 4.74 Å². The van der Waals surface area contributed by atoms with Crippen molar-refractivity contribution in [2.45, 2.75) is 25.0 Å². The molecule has 0 saturated carbocycles. The summed E-state index contributed by atoms with van der Waals surface area (Å²) in [6, 6.07) is 16.3. The summed E-state index contributed by atoms with van der Waals surface area (Å²) in [6.45, 7) is 0.737. The second kappa shape index (κ2) is 6.58. The van der Waals surface area contributed by atoms with E-state index in [0.29, 0.717) is 0 Å². The van der Waals surface area contributed by atoms with Crippen molar-refractivity contribution in [2.24, 2.45) is 5.84 Å². The van der Waals surface area contributed by atoms with E-state index in [1.807, 2.05) is 24.3 Å². The van der Waals surface area contributed by atoms with E-state index in [1.165, 1.54) is 16.7 Å². The highest BCUT2D eigenvalue weighted by molar-refractivity contribution is 6.30. The van der Waals surface area contributed by atoms with Crippen LogP contribution in [0.5, 0.6) is 0 Å². The van der Waals surface area contributed by atoms with E-state index in [-0.39, 0.29) is 12.1 Å². The van der Waals surface area contributed by atoms with Gasteiger partial charge in [-0.15, -0.1) is 0 Å². The Balaban J connectivity index is 1.82. The number of hydrogen-bond acceptors (Lipinski definition) is 3. The van der Waals surface area contributed by atoms with Crippen LogP contribution in [0.25, 0.3) is 0 Å². The molecule has 0 amide bonds. The van der Waals surface area contributed by atoms with Gasteiger partial charge in [0.05, 0.1) is 18.8 Å². The first kappa shape index (κ1) is 14.5. The van der Waals surface area contributed by atoms with Crippen LogP contribution >= 0.6 is 11.6 Å². The van der Waals surface area contributed by atoms with Crippen molar-refractivity contribution >= 4 is 11.6 Å². The Labute approximate surface area is 130 Å². The first-order valence-corrected chi connectivity index (χ1v) is 7.55. The number of rotatable bonds is 4. The lowest BCUT2D eigenvalue weighted by molar-refractivity contribution is 0.0154. The van der Waals surface area contributed by atoms with Crippen LogP contribution in [-0.4, -0.2) is 12.6 Å². The zero-order chi connectivity index (χ0) is 14.7. The number of nitrogens with two attached hydrogens (primary N) is 1. The molecule has 21 heavy (non-hydrogen) atoms. The Morgan fingerprint density at radius 1 is 1.19 bits per heavy atom. The smallest absolute Gasteiger partial charge is 0.0997 e. The summed E-state index contributed by atoms with van der Waals surface area (Å²) in [5, 5.41) is 0.746. The highest BCUT2D eigenvalue weighted by Gasteiger charge is 2.28. The third-order valence-corrected chi connectivity index (χ3v) is 4.23. The van der Waals surface area contributed by atoms with E-state index in [0.717, 1.165) is 24.5 Å². The lowest BCUT2D eigenvalue weighted by Gasteiger charge is -2.32. The molecule has 3 nitrogen and oxygen atoms in total. The van der Waals surface area contributed by atoms with Gasteiger partial charge in [-0.1, -0.05) is 48.0 Å². The number of fused-ring (bicyclic) bond motifs is 1. The van der Waals surface area contributed by atoms with Crippen molar-refractivity contribution < 1.29 is 4.74 Å². The van der Waals surface area contributed by atoms with Crippen LogP contribution in [0.3, 0.4) is 0 Å². The Morgan fingerprint density at radius 3 is 2.71 bits per heavy atom. The predicted molar refractivity (Wildman–Crippen MR) is 85.1 cm³/mol. The minimum absolute atomic E-state index is 0.0179. The molecule has 3 N–H and O–H groups in total. The van der Waals surface area contributed by atoms with Gasteiger partial charge in [-0.25, -0.2) is 0 Å². The molecule has 1 aliphatic heterocycles. The topological polar surface area (TPSA) is 47.3 Å². The second-order valence-corrected chi connectivity index (χ2v) is 5.78. The maximum atomic E-state index is 5.98. The Hall–Kier alpha value is -1.39. The Kier molecular flexibility index (Phi) is 4.56. The Morgan fingerprint density at radius 2 is 1.95 bits per heavy atom. The van der Waals surface area contributed by atoms with Crippen LogP contribution in [-0.2, 0) is 17.6 Å². The molecule has 3 rings (SSSR count). The largest absolute Gasteiger partial charge is 0.371 e. The molecule has 0 aliphatic carbocycles. The average Bonchev–Trinajstić information content (AvgIpc) is 2.54. The molecular weight excluding hydrogens is 284 g/mol. The minimum atomic E-state index is -0.0179. The van der Waals surface area contributed by atoms with Gasteiger partial charge >= 0.3 is 0 Å². The molecule has 2 atom stereocenters. The molecule has 0 fully saturated rings. The van der Waals surface area contributed by atoms with Gasteiger partial charge in [0.25, 0.3) is 0 Å². The van der Waals surface area contributed by atoms with Crippen LogP contribution in [0.4, 0.5) is 0 Å². The molecule has 0 aromatic heterocycles. The summed E-state index contributed by atoms with van der Waals surface area (Å²) in [4.78, 5) is 0. The molecule has 4 heteroatoms. The van der Waals surface area contributed by atoms with Crippen LogP contribution in [0.2, 0.25) is 5.02 Å². The van der Waals surface area contributed by atoms with Crippen molar-refractivity contribution in [3.05, 3.63) is 70.2 Å². The van der Waals surface area contributed by atoms with Gasteiger partial charge in [0.1, 0.15) is 0 Å². The molecule has 110 valence electrons. The summed E-state index contributed by atoms with van der Waals surface area (Å²) >= 11 is 5.93. The molecular formula is C17H19ClN2O. The predicted octanol–water partition coefficient (Wildman–Crippen LogP) is 3.03. The average molecular weight is 303 g/mol. The quantitative estimate of drug-likeness (QED) is 0.674. The molecule has 1 aliphatic rings. The molecule has 0 spiro atoms. The SMILES string of the molecule is NNC(Cc1ccc(Cl)cc1)C1OCCc2ccccc21. The highest BCUT2D eigenvalue weighted by Crippen LogP contribution is 2.30. The van der Waals surface area contributed by atoms with Gasteiger partial charge in [-0.3, -0.25) is 11.3 Å². The number of ether oxygens (including phenoxy) is 1. The number of hydrogen-bond donors (Lipinski definition) is 2. The van der Waals surface area contributed by atoms with Crippen LogP contribution in [0, 0.1) is 0 Å². The van der Waals surface area contributed by atoms with Gasteiger partial charge in [-0.05, 0) is 41.7 Å². The summed E-state index contributed by atoms with van der Waals surface area (Å²) in [5.74, 6) is 5.78. The van der Waals surface area contributed by atoms with Crippen molar-refractivity contribution in [2.75, 3.05) is 6.61 Å². The summed E-state index contributed by atoms with van der Waals surface area (Å²) in [7, 11) is 0. The van der Waals surface area contributed by atoms with Crippen molar-refractivity contribution in [1.29, 1.82) is 0 Å². The minimum Gasteiger partial charge on any atom is -0.371 e. The standard InChI is InChI=1S/C17H19ClN2O/c18-14-7-5-12(6-8-14)11-16(20-19)17-15-4-2-1-3-13(15)9-10-21-17/h1-8,16-17,20H,9-11,19H2. The summed E-state index contributed by atoms with van der Waals surface area (Å²) < 4.78 is 5.98. The lowest BCUT2D eigenvalue weighted by Crippen LogP contribution is -2.43. The van der Waals surface area contributed by atoms with Crippen LogP contribution < -0.4 is 11.3 Å².